The Balaban J connectivity index is 1.16. The van der Waals surface area contributed by atoms with E-state index in [9.17, 15) is 22.8 Å². The van der Waals surface area contributed by atoms with Gasteiger partial charge in [0.05, 0.1) is 17.1 Å². The summed E-state index contributed by atoms with van der Waals surface area (Å²) in [4.78, 5) is 35.7. The smallest absolute Gasteiger partial charge is 0.406 e. The number of hydrogen-bond donors (Lipinski definition) is 1. The van der Waals surface area contributed by atoms with E-state index < -0.39 is 12.4 Å². The van der Waals surface area contributed by atoms with Crippen LogP contribution in [-0.4, -0.2) is 50.0 Å². The quantitative estimate of drug-likeness (QED) is 0.196. The van der Waals surface area contributed by atoms with E-state index in [1.54, 1.807) is 4.90 Å². The number of ether oxygens (including phenoxy) is 1. The van der Waals surface area contributed by atoms with Gasteiger partial charge in [-0.1, -0.05) is 74.2 Å². The normalized spacial score (nSPS) is 15.2. The van der Waals surface area contributed by atoms with Crippen molar-refractivity contribution in [2.24, 2.45) is 4.99 Å². The minimum absolute atomic E-state index is 0.103. The molecule has 1 saturated heterocycles. The summed E-state index contributed by atoms with van der Waals surface area (Å²) >= 11 is 1.25. The van der Waals surface area contributed by atoms with Gasteiger partial charge in [-0.15, -0.1) is 18.3 Å². The van der Waals surface area contributed by atoms with Crippen molar-refractivity contribution in [2.45, 2.75) is 52.4 Å². The number of carbonyl (C=O) groups excluding carboxylic acids is 2. The number of carbonyl (C=O) groups is 2. The standard InChI is InChI=1S/C34H33F3N6O3S/c1-21(2)28-17-8-22(3)18-29(28)43-30(44)19-47-33(43)40-32(45)39-23(4)6-5-7-24-9-11-25(12-10-24)31-38-20-42(41-31)26-13-15-27(16-14-26)46-34(35,36)37/h5,7-18,20-21,23H,6,19H2,1-4H3,(H,39,45)/b7-5-,40-33?. The molecule has 1 aromatic heterocycles. The van der Waals surface area contributed by atoms with Crippen LogP contribution in [0, 0.1) is 6.92 Å². The molecule has 0 saturated carbocycles. The maximum absolute atomic E-state index is 12.8. The summed E-state index contributed by atoms with van der Waals surface area (Å²) in [7, 11) is 0. The lowest BCUT2D eigenvalue weighted by atomic mass is 9.99. The van der Waals surface area contributed by atoms with Crippen molar-refractivity contribution in [3.8, 4) is 22.8 Å². The summed E-state index contributed by atoms with van der Waals surface area (Å²) in [5.74, 6) is 0.458. The minimum atomic E-state index is -4.76. The first-order valence-electron chi connectivity index (χ1n) is 14.9. The number of urea groups is 1. The second-order valence-corrected chi connectivity index (χ2v) is 12.2. The summed E-state index contributed by atoms with van der Waals surface area (Å²) in [5, 5.41) is 7.68. The molecule has 1 atom stereocenters. The van der Waals surface area contributed by atoms with Gasteiger partial charge in [0.2, 0.25) is 5.91 Å². The van der Waals surface area contributed by atoms with Crippen LogP contribution >= 0.6 is 11.8 Å². The Kier molecular flexibility index (Phi) is 10.1. The second kappa shape index (κ2) is 14.2. The van der Waals surface area contributed by atoms with Crippen molar-refractivity contribution < 1.29 is 27.5 Å². The van der Waals surface area contributed by atoms with Crippen LogP contribution in [0.2, 0.25) is 0 Å². The van der Waals surface area contributed by atoms with Gasteiger partial charge in [-0.25, -0.2) is 14.5 Å². The molecule has 0 aliphatic carbocycles. The molecular weight excluding hydrogens is 629 g/mol. The average Bonchev–Trinajstić information content (AvgIpc) is 3.64. The highest BCUT2D eigenvalue weighted by atomic mass is 32.2. The van der Waals surface area contributed by atoms with Crippen LogP contribution in [0.4, 0.5) is 23.7 Å². The number of aryl methyl sites for hydroxylation is 1. The van der Waals surface area contributed by atoms with Gasteiger partial charge in [0, 0.05) is 11.6 Å². The highest BCUT2D eigenvalue weighted by molar-refractivity contribution is 8.15. The molecule has 0 radical (unpaired) electrons. The Morgan fingerprint density at radius 2 is 1.81 bits per heavy atom. The van der Waals surface area contributed by atoms with Gasteiger partial charge in [-0.05, 0) is 73.2 Å². The highest BCUT2D eigenvalue weighted by Gasteiger charge is 2.33. The van der Waals surface area contributed by atoms with E-state index in [0.717, 1.165) is 27.9 Å². The summed E-state index contributed by atoms with van der Waals surface area (Å²) < 4.78 is 42.6. The molecule has 47 heavy (non-hydrogen) atoms. The molecule has 1 unspecified atom stereocenters. The third-order valence-corrected chi connectivity index (χ3v) is 8.10. The van der Waals surface area contributed by atoms with E-state index in [-0.39, 0.29) is 29.4 Å². The first kappa shape index (κ1) is 33.5. The van der Waals surface area contributed by atoms with Crippen molar-refractivity contribution in [3.05, 3.63) is 95.8 Å². The van der Waals surface area contributed by atoms with Crippen LogP contribution in [0.25, 0.3) is 23.2 Å². The van der Waals surface area contributed by atoms with Gasteiger partial charge in [0.25, 0.3) is 0 Å². The zero-order valence-electron chi connectivity index (χ0n) is 26.2. The van der Waals surface area contributed by atoms with Crippen LogP contribution in [-0.2, 0) is 4.79 Å². The van der Waals surface area contributed by atoms with Crippen LogP contribution < -0.4 is 15.0 Å². The largest absolute Gasteiger partial charge is 0.573 e. The summed E-state index contributed by atoms with van der Waals surface area (Å²) in [5.41, 5.74) is 5.03. The number of amidine groups is 1. The number of aliphatic imine (C=N–C) groups is 1. The van der Waals surface area contributed by atoms with Gasteiger partial charge in [0.1, 0.15) is 12.1 Å². The van der Waals surface area contributed by atoms with Crippen LogP contribution in [0.5, 0.6) is 5.75 Å². The zero-order chi connectivity index (χ0) is 33.7. The van der Waals surface area contributed by atoms with Crippen molar-refractivity contribution in [1.29, 1.82) is 0 Å². The van der Waals surface area contributed by atoms with E-state index in [2.05, 4.69) is 39.0 Å². The molecule has 4 aromatic rings. The summed E-state index contributed by atoms with van der Waals surface area (Å²) in [6.07, 6.45) is 1.17. The molecular formula is C34H33F3N6O3S. The average molecular weight is 663 g/mol. The third-order valence-electron chi connectivity index (χ3n) is 7.18. The molecule has 0 spiro atoms. The maximum Gasteiger partial charge on any atom is 0.573 e. The SMILES string of the molecule is Cc1ccc(C(C)C)c(N2C(=O)CSC2=NC(=O)NC(C)C/C=C\c2ccc(-c3ncn(-c4ccc(OC(F)(F)F)cc4)n3)cc2)c1. The van der Waals surface area contributed by atoms with Crippen LogP contribution in [0.3, 0.4) is 0 Å². The predicted octanol–water partition coefficient (Wildman–Crippen LogP) is 7.90. The fourth-order valence-corrected chi connectivity index (χ4v) is 5.74. The zero-order valence-corrected chi connectivity index (χ0v) is 27.0. The fourth-order valence-electron chi connectivity index (χ4n) is 4.88. The number of rotatable bonds is 9. The third kappa shape index (κ3) is 8.67. The Morgan fingerprint density at radius 3 is 2.49 bits per heavy atom. The van der Waals surface area contributed by atoms with E-state index >= 15 is 0 Å². The molecule has 1 N–H and O–H groups in total. The number of benzene rings is 3. The maximum atomic E-state index is 12.8. The summed E-state index contributed by atoms with van der Waals surface area (Å²) in [6.45, 7) is 7.98. The number of amides is 3. The van der Waals surface area contributed by atoms with Gasteiger partial charge >= 0.3 is 12.4 Å². The number of nitrogens with zero attached hydrogens (tertiary/aromatic N) is 5. The van der Waals surface area contributed by atoms with Gasteiger partial charge < -0.3 is 10.1 Å². The van der Waals surface area contributed by atoms with Gasteiger partial charge in [-0.2, -0.15) is 4.99 Å². The number of alkyl halides is 3. The Bertz CT molecular complexity index is 1800. The lowest BCUT2D eigenvalue weighted by Gasteiger charge is -2.22. The minimum Gasteiger partial charge on any atom is -0.406 e. The van der Waals surface area contributed by atoms with Crippen molar-refractivity contribution in [2.75, 3.05) is 10.7 Å². The Morgan fingerprint density at radius 1 is 1.09 bits per heavy atom. The fraction of sp³-hybridized carbons (Fsp3) is 0.265. The predicted molar refractivity (Wildman–Crippen MR) is 178 cm³/mol. The molecule has 244 valence electrons. The van der Waals surface area contributed by atoms with Gasteiger partial charge in [0.15, 0.2) is 11.0 Å². The number of nitrogens with one attached hydrogen (secondary N) is 1. The molecule has 0 bridgehead atoms. The molecule has 1 aliphatic heterocycles. The Labute approximate surface area is 274 Å². The van der Waals surface area contributed by atoms with E-state index in [1.165, 1.54) is 47.0 Å². The van der Waals surface area contributed by atoms with Crippen LogP contribution in [0.15, 0.2) is 84.1 Å². The number of halogens is 3. The number of anilines is 1. The molecule has 5 rings (SSSR count). The number of aromatic nitrogens is 3. The lowest BCUT2D eigenvalue weighted by Crippen LogP contribution is -2.34. The topological polar surface area (TPSA) is 102 Å². The number of thioether (sulfide) groups is 1. The molecule has 1 aliphatic rings. The van der Waals surface area contributed by atoms with Crippen LogP contribution in [0.1, 0.15) is 49.8 Å². The molecule has 1 fully saturated rings. The van der Waals surface area contributed by atoms with E-state index in [0.29, 0.717) is 23.1 Å². The summed E-state index contributed by atoms with van der Waals surface area (Å²) in [6, 6.07) is 18.2. The molecule has 13 heteroatoms. The molecule has 9 nitrogen and oxygen atoms in total. The molecule has 3 amide bonds. The molecule has 3 aromatic carbocycles. The van der Waals surface area contributed by atoms with Crippen molar-refractivity contribution >= 4 is 40.6 Å². The van der Waals surface area contributed by atoms with Gasteiger partial charge in [-0.3, -0.25) is 9.69 Å². The van der Waals surface area contributed by atoms with E-state index in [1.807, 2.05) is 68.5 Å². The first-order valence-corrected chi connectivity index (χ1v) is 15.8. The lowest BCUT2D eigenvalue weighted by molar-refractivity contribution is -0.274. The Hall–Kier alpha value is -4.91. The monoisotopic (exact) mass is 662 g/mol. The number of hydrogen-bond acceptors (Lipinski definition) is 6. The second-order valence-electron chi connectivity index (χ2n) is 11.3. The molecule has 2 heterocycles. The highest BCUT2D eigenvalue weighted by Crippen LogP contribution is 2.34. The van der Waals surface area contributed by atoms with E-state index in [4.69, 9.17) is 0 Å². The van der Waals surface area contributed by atoms with Crippen molar-refractivity contribution in [3.63, 3.8) is 0 Å². The van der Waals surface area contributed by atoms with Crippen molar-refractivity contribution in [1.82, 2.24) is 20.1 Å². The first-order chi connectivity index (χ1) is 22.4.